The third-order valence-corrected chi connectivity index (χ3v) is 4.30. The van der Waals surface area contributed by atoms with Crippen LogP contribution < -0.4 is 11.1 Å². The maximum atomic E-state index is 12.1. The topological polar surface area (TPSA) is 94.5 Å². The molecule has 0 spiro atoms. The summed E-state index contributed by atoms with van der Waals surface area (Å²) >= 11 is 1.49. The monoisotopic (exact) mass is 389 g/mol. The second kappa shape index (κ2) is 8.94. The minimum absolute atomic E-state index is 0.292. The predicted octanol–water partition coefficient (Wildman–Crippen LogP) is 3.90. The first-order valence-corrected chi connectivity index (χ1v) is 9.76. The van der Waals surface area contributed by atoms with Crippen molar-refractivity contribution in [1.29, 1.82) is 0 Å². The lowest BCUT2D eigenvalue weighted by atomic mass is 10.0. The van der Waals surface area contributed by atoms with Crippen molar-refractivity contribution >= 4 is 28.7 Å². The Kier molecular flexibility index (Phi) is 6.90. The molecule has 1 amide bonds. The van der Waals surface area contributed by atoms with Crippen LogP contribution in [0.4, 0.5) is 10.5 Å². The van der Waals surface area contributed by atoms with E-state index in [0.717, 1.165) is 28.3 Å². The summed E-state index contributed by atoms with van der Waals surface area (Å²) in [7, 11) is 0. The number of nitrogens with zero attached hydrogens (tertiary/aromatic N) is 3. The summed E-state index contributed by atoms with van der Waals surface area (Å²) in [6.07, 6.45) is 3.10. The molecule has 3 N–H and O–H groups in total. The van der Waals surface area contributed by atoms with E-state index in [9.17, 15) is 4.79 Å². The molecule has 0 saturated heterocycles. The van der Waals surface area contributed by atoms with Gasteiger partial charge in [0.1, 0.15) is 5.60 Å². The van der Waals surface area contributed by atoms with Gasteiger partial charge in [0.05, 0.1) is 11.4 Å². The first-order chi connectivity index (χ1) is 12.7. The molecule has 0 bridgehead atoms. The van der Waals surface area contributed by atoms with Crippen molar-refractivity contribution in [2.45, 2.75) is 46.8 Å². The van der Waals surface area contributed by atoms with Crippen molar-refractivity contribution in [2.75, 3.05) is 5.75 Å². The van der Waals surface area contributed by atoms with E-state index in [-0.39, 0.29) is 0 Å². The van der Waals surface area contributed by atoms with Gasteiger partial charge < -0.3 is 15.8 Å². The third kappa shape index (κ3) is 6.02. The number of hydrogen-bond donors (Lipinski definition) is 2. The molecule has 1 heterocycles. The van der Waals surface area contributed by atoms with E-state index in [0.29, 0.717) is 11.7 Å². The molecule has 27 heavy (non-hydrogen) atoms. The fourth-order valence-corrected chi connectivity index (χ4v) is 2.93. The molecule has 0 fully saturated rings. The van der Waals surface area contributed by atoms with Crippen LogP contribution in [-0.4, -0.2) is 32.4 Å². The minimum Gasteiger partial charge on any atom is -0.444 e. The highest BCUT2D eigenvalue weighted by molar-refractivity contribution is 8.13. The van der Waals surface area contributed by atoms with Crippen molar-refractivity contribution in [3.05, 3.63) is 41.7 Å². The standard InChI is InChI=1S/C19H27N5O2S/c1-6-27-17(20)23-15-8-9-16(24-11-7-10-22-24)14(13(15)2)12-21-18(25)26-19(3,4)5/h7-11H,6,12H2,1-5H3,(H2,20,23)(H,21,25). The number of nitrogens with one attached hydrogen (secondary N) is 1. The van der Waals surface area contributed by atoms with Gasteiger partial charge in [-0.15, -0.1) is 0 Å². The Morgan fingerprint density at radius 2 is 2.15 bits per heavy atom. The number of amides is 1. The molecule has 2 rings (SSSR count). The molecule has 0 radical (unpaired) electrons. The van der Waals surface area contributed by atoms with Gasteiger partial charge in [-0.05, 0) is 57.2 Å². The van der Waals surface area contributed by atoms with Gasteiger partial charge in [-0.1, -0.05) is 18.7 Å². The van der Waals surface area contributed by atoms with Crippen LogP contribution in [0.1, 0.15) is 38.8 Å². The van der Waals surface area contributed by atoms with E-state index in [1.807, 2.05) is 59.0 Å². The molecule has 7 nitrogen and oxygen atoms in total. The van der Waals surface area contributed by atoms with Crippen LogP contribution in [0.3, 0.4) is 0 Å². The minimum atomic E-state index is -0.554. The number of benzene rings is 1. The van der Waals surface area contributed by atoms with Gasteiger partial charge in [-0.25, -0.2) is 14.5 Å². The average Bonchev–Trinajstić information content (AvgIpc) is 3.08. The van der Waals surface area contributed by atoms with E-state index in [1.165, 1.54) is 11.8 Å². The zero-order valence-corrected chi connectivity index (χ0v) is 17.3. The second-order valence-corrected chi connectivity index (χ2v) is 8.18. The van der Waals surface area contributed by atoms with Crippen LogP contribution in [0, 0.1) is 6.92 Å². The van der Waals surface area contributed by atoms with Gasteiger partial charge >= 0.3 is 6.09 Å². The summed E-state index contributed by atoms with van der Waals surface area (Å²) in [4.78, 5) is 16.6. The normalized spacial score (nSPS) is 12.1. The molecule has 0 unspecified atom stereocenters. The number of ether oxygens (including phenoxy) is 1. The molecule has 1 aromatic carbocycles. The van der Waals surface area contributed by atoms with Gasteiger partial charge in [0.2, 0.25) is 0 Å². The van der Waals surface area contributed by atoms with Gasteiger partial charge in [0.25, 0.3) is 0 Å². The Bertz CT molecular complexity index is 810. The number of aliphatic imine (C=N–C) groups is 1. The van der Waals surface area contributed by atoms with E-state index in [1.54, 1.807) is 10.9 Å². The van der Waals surface area contributed by atoms with Crippen LogP contribution >= 0.6 is 11.8 Å². The zero-order valence-electron chi connectivity index (χ0n) is 16.4. The summed E-state index contributed by atoms with van der Waals surface area (Å²) in [5.74, 6) is 0.854. The molecule has 146 valence electrons. The Balaban J connectivity index is 2.35. The van der Waals surface area contributed by atoms with E-state index >= 15 is 0 Å². The average molecular weight is 390 g/mol. The molecular weight excluding hydrogens is 362 g/mol. The zero-order chi connectivity index (χ0) is 20.0. The SMILES string of the molecule is CCSC(N)=Nc1ccc(-n2cccn2)c(CNC(=O)OC(C)(C)C)c1C. The Hall–Kier alpha value is -2.48. The quantitative estimate of drug-likeness (QED) is 0.597. The highest BCUT2D eigenvalue weighted by Crippen LogP contribution is 2.28. The maximum absolute atomic E-state index is 12.1. The van der Waals surface area contributed by atoms with Crippen LogP contribution in [0.25, 0.3) is 5.69 Å². The van der Waals surface area contributed by atoms with Crippen molar-refractivity contribution in [2.24, 2.45) is 10.7 Å². The van der Waals surface area contributed by atoms with Crippen molar-refractivity contribution in [3.63, 3.8) is 0 Å². The van der Waals surface area contributed by atoms with E-state index < -0.39 is 11.7 Å². The lowest BCUT2D eigenvalue weighted by Crippen LogP contribution is -2.32. The predicted molar refractivity (Wildman–Crippen MR) is 111 cm³/mol. The first kappa shape index (κ1) is 20.8. The number of thioether (sulfide) groups is 1. The highest BCUT2D eigenvalue weighted by Gasteiger charge is 2.18. The molecule has 0 saturated carbocycles. The number of hydrogen-bond acceptors (Lipinski definition) is 5. The largest absolute Gasteiger partial charge is 0.444 e. The van der Waals surface area contributed by atoms with Crippen LogP contribution in [0.2, 0.25) is 0 Å². The third-order valence-electron chi connectivity index (χ3n) is 3.63. The Morgan fingerprint density at radius 3 is 2.74 bits per heavy atom. The number of carbonyl (C=O) groups excluding carboxylic acids is 1. The van der Waals surface area contributed by atoms with E-state index in [4.69, 9.17) is 10.5 Å². The molecule has 0 aliphatic heterocycles. The van der Waals surface area contributed by atoms with E-state index in [2.05, 4.69) is 15.4 Å². The van der Waals surface area contributed by atoms with Crippen molar-refractivity contribution in [3.8, 4) is 5.69 Å². The van der Waals surface area contributed by atoms with Crippen LogP contribution in [0.15, 0.2) is 35.6 Å². The molecule has 8 heteroatoms. The summed E-state index contributed by atoms with van der Waals surface area (Å²) in [5.41, 5.74) is 8.88. The van der Waals surface area contributed by atoms with Gasteiger partial charge in [-0.2, -0.15) is 5.10 Å². The number of rotatable bonds is 5. The number of carbonyl (C=O) groups is 1. The molecule has 0 atom stereocenters. The maximum Gasteiger partial charge on any atom is 0.407 e. The molecule has 2 aromatic rings. The summed E-state index contributed by atoms with van der Waals surface area (Å²) in [6, 6.07) is 5.68. The van der Waals surface area contributed by atoms with Gasteiger partial charge in [0, 0.05) is 24.5 Å². The van der Waals surface area contributed by atoms with Crippen molar-refractivity contribution < 1.29 is 9.53 Å². The molecule has 0 aliphatic rings. The van der Waals surface area contributed by atoms with Crippen LogP contribution in [-0.2, 0) is 11.3 Å². The van der Waals surface area contributed by atoms with Crippen LogP contribution in [0.5, 0.6) is 0 Å². The summed E-state index contributed by atoms with van der Waals surface area (Å²) < 4.78 is 7.09. The second-order valence-electron chi connectivity index (χ2n) is 6.90. The number of amidine groups is 1. The fourth-order valence-electron chi connectivity index (χ4n) is 2.47. The fraction of sp³-hybridized carbons (Fsp3) is 0.421. The first-order valence-electron chi connectivity index (χ1n) is 8.77. The molecular formula is C19H27N5O2S. The lowest BCUT2D eigenvalue weighted by molar-refractivity contribution is 0.0523. The summed E-state index contributed by atoms with van der Waals surface area (Å²) in [6.45, 7) is 9.77. The Morgan fingerprint density at radius 1 is 1.41 bits per heavy atom. The number of alkyl carbamates (subject to hydrolysis) is 1. The number of nitrogens with two attached hydrogens (primary N) is 1. The smallest absolute Gasteiger partial charge is 0.407 e. The lowest BCUT2D eigenvalue weighted by Gasteiger charge is -2.21. The van der Waals surface area contributed by atoms with Gasteiger partial charge in [0.15, 0.2) is 5.17 Å². The highest BCUT2D eigenvalue weighted by atomic mass is 32.2. The van der Waals surface area contributed by atoms with Gasteiger partial charge in [-0.3, -0.25) is 0 Å². The summed E-state index contributed by atoms with van der Waals surface area (Å²) in [5, 5.41) is 7.63. The molecule has 0 aliphatic carbocycles. The van der Waals surface area contributed by atoms with Crippen molar-refractivity contribution in [1.82, 2.24) is 15.1 Å². The number of aromatic nitrogens is 2. The molecule has 1 aromatic heterocycles. The Labute approximate surface area is 164 Å².